The standard InChI is InChI=1S/C13H9N3O3/c1-8-4-10(2-3-11(8)13(17)18)19-12-7-15-9(5-14)6-16-12/h2-4,6-7H,1H3,(H,17,18). The summed E-state index contributed by atoms with van der Waals surface area (Å²) in [6.45, 7) is 1.68. The van der Waals surface area contributed by atoms with Gasteiger partial charge in [0, 0.05) is 0 Å². The van der Waals surface area contributed by atoms with Crippen molar-refractivity contribution in [2.75, 3.05) is 0 Å². The Balaban J connectivity index is 2.21. The molecule has 94 valence electrons. The Morgan fingerprint density at radius 1 is 1.37 bits per heavy atom. The number of nitriles is 1. The first-order chi connectivity index (χ1) is 9.10. The summed E-state index contributed by atoms with van der Waals surface area (Å²) in [7, 11) is 0. The molecule has 19 heavy (non-hydrogen) atoms. The van der Waals surface area contributed by atoms with E-state index in [1.165, 1.54) is 24.5 Å². The minimum atomic E-state index is -0.984. The van der Waals surface area contributed by atoms with E-state index >= 15 is 0 Å². The number of carboxylic acids is 1. The van der Waals surface area contributed by atoms with Gasteiger partial charge in [-0.05, 0) is 30.7 Å². The summed E-state index contributed by atoms with van der Waals surface area (Å²) in [6.07, 6.45) is 2.63. The van der Waals surface area contributed by atoms with Gasteiger partial charge in [-0.1, -0.05) is 0 Å². The predicted molar refractivity (Wildman–Crippen MR) is 65.0 cm³/mol. The fourth-order valence-electron chi connectivity index (χ4n) is 1.49. The number of benzene rings is 1. The van der Waals surface area contributed by atoms with Crippen molar-refractivity contribution in [3.63, 3.8) is 0 Å². The number of ether oxygens (including phenoxy) is 1. The van der Waals surface area contributed by atoms with E-state index in [4.69, 9.17) is 15.1 Å². The third kappa shape index (κ3) is 2.84. The van der Waals surface area contributed by atoms with E-state index in [0.717, 1.165) is 0 Å². The number of carbonyl (C=O) groups is 1. The van der Waals surface area contributed by atoms with Crippen LogP contribution in [0.25, 0.3) is 0 Å². The maximum Gasteiger partial charge on any atom is 0.335 e. The van der Waals surface area contributed by atoms with Gasteiger partial charge in [-0.25, -0.2) is 14.8 Å². The molecule has 0 aliphatic heterocycles. The van der Waals surface area contributed by atoms with Crippen LogP contribution in [0.3, 0.4) is 0 Å². The fourth-order valence-corrected chi connectivity index (χ4v) is 1.49. The summed E-state index contributed by atoms with van der Waals surface area (Å²) >= 11 is 0. The van der Waals surface area contributed by atoms with Crippen LogP contribution in [0.4, 0.5) is 0 Å². The Hall–Kier alpha value is -2.94. The van der Waals surface area contributed by atoms with E-state index in [2.05, 4.69) is 9.97 Å². The molecular formula is C13H9N3O3. The van der Waals surface area contributed by atoms with Crippen molar-refractivity contribution >= 4 is 5.97 Å². The third-order valence-electron chi connectivity index (χ3n) is 2.39. The highest BCUT2D eigenvalue weighted by atomic mass is 16.5. The first kappa shape index (κ1) is 12.5. The molecule has 0 saturated carbocycles. The largest absolute Gasteiger partial charge is 0.478 e. The van der Waals surface area contributed by atoms with E-state index in [1.807, 2.05) is 6.07 Å². The van der Waals surface area contributed by atoms with Crippen LogP contribution in [0.5, 0.6) is 11.6 Å². The average molecular weight is 255 g/mol. The Bertz CT molecular complexity index is 660. The normalized spacial score (nSPS) is 9.68. The number of aromatic carboxylic acids is 1. The van der Waals surface area contributed by atoms with Gasteiger partial charge < -0.3 is 9.84 Å². The zero-order valence-electron chi connectivity index (χ0n) is 9.99. The Kier molecular flexibility index (Phi) is 3.39. The smallest absolute Gasteiger partial charge is 0.335 e. The van der Waals surface area contributed by atoms with Gasteiger partial charge in [0.1, 0.15) is 11.8 Å². The van der Waals surface area contributed by atoms with Crippen LogP contribution in [0.2, 0.25) is 0 Å². The molecule has 6 heteroatoms. The van der Waals surface area contributed by atoms with Gasteiger partial charge in [-0.15, -0.1) is 0 Å². The maximum atomic E-state index is 10.9. The lowest BCUT2D eigenvalue weighted by molar-refractivity contribution is 0.0696. The second kappa shape index (κ2) is 5.14. The molecular weight excluding hydrogens is 246 g/mol. The van der Waals surface area contributed by atoms with E-state index in [-0.39, 0.29) is 17.1 Å². The van der Waals surface area contributed by atoms with Crippen LogP contribution in [-0.2, 0) is 0 Å². The highest BCUT2D eigenvalue weighted by Crippen LogP contribution is 2.22. The van der Waals surface area contributed by atoms with E-state index < -0.39 is 5.97 Å². The number of nitrogens with zero attached hydrogens (tertiary/aromatic N) is 3. The second-order valence-electron chi connectivity index (χ2n) is 3.74. The van der Waals surface area contributed by atoms with Crippen molar-refractivity contribution < 1.29 is 14.6 Å². The van der Waals surface area contributed by atoms with E-state index in [9.17, 15) is 4.79 Å². The molecule has 0 atom stereocenters. The first-order valence-corrected chi connectivity index (χ1v) is 5.34. The molecule has 0 aliphatic carbocycles. The molecule has 0 bridgehead atoms. The Morgan fingerprint density at radius 3 is 2.68 bits per heavy atom. The SMILES string of the molecule is Cc1cc(Oc2cnc(C#N)cn2)ccc1C(=O)O. The van der Waals surface area contributed by atoms with Crippen molar-refractivity contribution in [1.29, 1.82) is 5.26 Å². The van der Waals surface area contributed by atoms with Gasteiger partial charge in [0.15, 0.2) is 5.69 Å². The topological polar surface area (TPSA) is 96.1 Å². The number of hydrogen-bond acceptors (Lipinski definition) is 5. The molecule has 0 saturated heterocycles. The van der Waals surface area contributed by atoms with Crippen molar-refractivity contribution in [3.05, 3.63) is 47.4 Å². The van der Waals surface area contributed by atoms with Gasteiger partial charge in [-0.3, -0.25) is 0 Å². The number of aryl methyl sites for hydroxylation is 1. The lowest BCUT2D eigenvalue weighted by Gasteiger charge is -2.06. The lowest BCUT2D eigenvalue weighted by atomic mass is 10.1. The molecule has 6 nitrogen and oxygen atoms in total. The van der Waals surface area contributed by atoms with Gasteiger partial charge in [0.25, 0.3) is 0 Å². The molecule has 1 N–H and O–H groups in total. The molecule has 1 heterocycles. The van der Waals surface area contributed by atoms with Gasteiger partial charge in [0.2, 0.25) is 5.88 Å². The number of aromatic nitrogens is 2. The predicted octanol–water partition coefficient (Wildman–Crippen LogP) is 2.15. The third-order valence-corrected chi connectivity index (χ3v) is 2.39. The molecule has 2 rings (SSSR count). The lowest BCUT2D eigenvalue weighted by Crippen LogP contribution is -1.99. The molecule has 2 aromatic rings. The molecule has 0 aliphatic rings. The summed E-state index contributed by atoms with van der Waals surface area (Å²) in [5.74, 6) is -0.287. The van der Waals surface area contributed by atoms with Crippen LogP contribution in [0, 0.1) is 18.3 Å². The highest BCUT2D eigenvalue weighted by molar-refractivity contribution is 5.89. The molecule has 1 aromatic carbocycles. The van der Waals surface area contributed by atoms with Crippen LogP contribution < -0.4 is 4.74 Å². The summed E-state index contributed by atoms with van der Waals surface area (Å²) < 4.78 is 5.42. The van der Waals surface area contributed by atoms with E-state index in [0.29, 0.717) is 11.3 Å². The summed E-state index contributed by atoms with van der Waals surface area (Å²) in [4.78, 5) is 18.6. The summed E-state index contributed by atoms with van der Waals surface area (Å²) in [5, 5.41) is 17.5. The number of carboxylic acid groups (broad SMARTS) is 1. The first-order valence-electron chi connectivity index (χ1n) is 5.34. The highest BCUT2D eigenvalue weighted by Gasteiger charge is 2.08. The number of rotatable bonds is 3. The molecule has 0 fully saturated rings. The Morgan fingerprint density at radius 2 is 2.16 bits per heavy atom. The second-order valence-corrected chi connectivity index (χ2v) is 3.74. The minimum absolute atomic E-state index is 0.199. The van der Waals surface area contributed by atoms with Crippen molar-refractivity contribution in [1.82, 2.24) is 9.97 Å². The molecule has 0 spiro atoms. The van der Waals surface area contributed by atoms with Gasteiger partial charge >= 0.3 is 5.97 Å². The van der Waals surface area contributed by atoms with Crippen LogP contribution in [0.15, 0.2) is 30.6 Å². The zero-order chi connectivity index (χ0) is 13.8. The molecule has 0 amide bonds. The zero-order valence-corrected chi connectivity index (χ0v) is 9.99. The fraction of sp³-hybridized carbons (Fsp3) is 0.0769. The van der Waals surface area contributed by atoms with Crippen molar-refractivity contribution in [2.24, 2.45) is 0 Å². The summed E-state index contributed by atoms with van der Waals surface area (Å²) in [6, 6.07) is 6.45. The van der Waals surface area contributed by atoms with Crippen molar-refractivity contribution in [3.8, 4) is 17.7 Å². The van der Waals surface area contributed by atoms with Crippen molar-refractivity contribution in [2.45, 2.75) is 6.92 Å². The van der Waals surface area contributed by atoms with Crippen LogP contribution in [0.1, 0.15) is 21.6 Å². The van der Waals surface area contributed by atoms with Crippen LogP contribution >= 0.6 is 0 Å². The monoisotopic (exact) mass is 255 g/mol. The Labute approximate surface area is 108 Å². The van der Waals surface area contributed by atoms with Gasteiger partial charge in [-0.2, -0.15) is 5.26 Å². The molecule has 0 radical (unpaired) electrons. The maximum absolute atomic E-state index is 10.9. The van der Waals surface area contributed by atoms with Gasteiger partial charge in [0.05, 0.1) is 18.0 Å². The average Bonchev–Trinajstić information content (AvgIpc) is 2.39. The molecule has 1 aromatic heterocycles. The minimum Gasteiger partial charge on any atom is -0.478 e. The number of hydrogen-bond donors (Lipinski definition) is 1. The van der Waals surface area contributed by atoms with Crippen LogP contribution in [-0.4, -0.2) is 21.0 Å². The summed E-state index contributed by atoms with van der Waals surface area (Å²) in [5.41, 5.74) is 1.01. The molecule has 0 unspecified atom stereocenters. The quantitative estimate of drug-likeness (QED) is 0.902. The van der Waals surface area contributed by atoms with E-state index in [1.54, 1.807) is 13.0 Å².